The third kappa shape index (κ3) is 4.88. The Morgan fingerprint density at radius 2 is 1.55 bits per heavy atom. The lowest BCUT2D eigenvalue weighted by atomic mass is 9.99. The summed E-state index contributed by atoms with van der Waals surface area (Å²) in [7, 11) is -7.68. The molecule has 33 heavy (non-hydrogen) atoms. The zero-order chi connectivity index (χ0) is 23.8. The maximum absolute atomic E-state index is 14.6. The Morgan fingerprint density at radius 1 is 0.909 bits per heavy atom. The van der Waals surface area contributed by atoms with Crippen LogP contribution in [-0.4, -0.2) is 33.2 Å². The fraction of sp³-hybridized carbons (Fsp3) is 0.136. The lowest BCUT2D eigenvalue weighted by molar-refractivity contribution is 0.362. The number of halogens is 2. The van der Waals surface area contributed by atoms with Gasteiger partial charge in [-0.15, -0.1) is 0 Å². The molecule has 172 valence electrons. The SMILES string of the molecule is CS(=O)(=O)Nc1ccc(C2=NN(S(=O)(=O)c3ccc(F)cc3)[C@@H](c3ccccc3F)C2)cc1. The summed E-state index contributed by atoms with van der Waals surface area (Å²) < 4.78 is 80.6. The molecule has 0 fully saturated rings. The summed E-state index contributed by atoms with van der Waals surface area (Å²) in [5, 5.41) is 4.29. The van der Waals surface area contributed by atoms with Gasteiger partial charge in [-0.25, -0.2) is 17.2 Å². The van der Waals surface area contributed by atoms with Gasteiger partial charge >= 0.3 is 0 Å². The predicted octanol–water partition coefficient (Wildman–Crippen LogP) is 3.88. The fourth-order valence-corrected chi connectivity index (χ4v) is 5.51. The monoisotopic (exact) mass is 491 g/mol. The number of hydrogen-bond acceptors (Lipinski definition) is 5. The molecule has 1 aliphatic rings. The first-order valence-corrected chi connectivity index (χ1v) is 13.1. The van der Waals surface area contributed by atoms with Crippen molar-refractivity contribution in [3.05, 3.63) is 95.6 Å². The molecule has 1 N–H and O–H groups in total. The minimum Gasteiger partial charge on any atom is -0.284 e. The van der Waals surface area contributed by atoms with Crippen LogP contribution in [0.4, 0.5) is 14.5 Å². The maximum atomic E-state index is 14.6. The van der Waals surface area contributed by atoms with Gasteiger partial charge in [0.1, 0.15) is 11.6 Å². The van der Waals surface area contributed by atoms with Crippen LogP contribution in [0.3, 0.4) is 0 Å². The smallest absolute Gasteiger partial charge is 0.279 e. The number of hydrogen-bond donors (Lipinski definition) is 1. The highest BCUT2D eigenvalue weighted by molar-refractivity contribution is 7.92. The van der Waals surface area contributed by atoms with Crippen LogP contribution >= 0.6 is 0 Å². The molecule has 0 amide bonds. The van der Waals surface area contributed by atoms with Crippen molar-refractivity contribution in [2.24, 2.45) is 5.10 Å². The molecule has 4 rings (SSSR count). The molecule has 3 aromatic carbocycles. The Labute approximate surface area is 190 Å². The molecule has 1 aliphatic heterocycles. The molecule has 3 aromatic rings. The highest BCUT2D eigenvalue weighted by atomic mass is 32.2. The van der Waals surface area contributed by atoms with E-state index in [1.54, 1.807) is 18.2 Å². The summed E-state index contributed by atoms with van der Waals surface area (Å²) in [5.41, 5.74) is 1.41. The third-order valence-corrected chi connectivity index (χ3v) is 7.32. The number of nitrogens with zero attached hydrogens (tertiary/aromatic N) is 2. The highest BCUT2D eigenvalue weighted by Crippen LogP contribution is 2.38. The van der Waals surface area contributed by atoms with Crippen LogP contribution in [-0.2, 0) is 20.0 Å². The zero-order valence-electron chi connectivity index (χ0n) is 17.3. The molecule has 0 spiro atoms. The number of rotatable bonds is 6. The number of hydrazone groups is 1. The van der Waals surface area contributed by atoms with Gasteiger partial charge in [0.15, 0.2) is 0 Å². The number of nitrogens with one attached hydrogen (secondary N) is 1. The van der Waals surface area contributed by atoms with Crippen molar-refractivity contribution in [1.82, 2.24) is 4.41 Å². The molecule has 0 saturated heterocycles. The van der Waals surface area contributed by atoms with Gasteiger partial charge in [-0.1, -0.05) is 30.3 Å². The van der Waals surface area contributed by atoms with E-state index in [4.69, 9.17) is 0 Å². The van der Waals surface area contributed by atoms with Crippen molar-refractivity contribution < 1.29 is 25.6 Å². The molecule has 11 heteroatoms. The Balaban J connectivity index is 1.75. The Morgan fingerprint density at radius 3 is 2.15 bits per heavy atom. The van der Waals surface area contributed by atoms with Gasteiger partial charge in [0.05, 0.1) is 22.9 Å². The maximum Gasteiger partial charge on any atom is 0.279 e. The summed E-state index contributed by atoms with van der Waals surface area (Å²) in [4.78, 5) is -0.178. The van der Waals surface area contributed by atoms with Crippen molar-refractivity contribution in [3.63, 3.8) is 0 Å². The van der Waals surface area contributed by atoms with Crippen LogP contribution in [0.2, 0.25) is 0 Å². The lowest BCUT2D eigenvalue weighted by Gasteiger charge is -2.23. The number of benzene rings is 3. The van der Waals surface area contributed by atoms with E-state index in [0.717, 1.165) is 34.9 Å². The summed E-state index contributed by atoms with van der Waals surface area (Å²) in [5.74, 6) is -1.17. The standard InChI is InChI=1S/C22H19F2N3O4S2/c1-32(28,29)26-17-10-6-15(7-11-17)21-14-22(19-4-2-3-5-20(19)24)27(25-21)33(30,31)18-12-8-16(23)9-13-18/h2-13,22,26H,14H2,1H3/t22-/m1/s1. The van der Waals surface area contributed by atoms with Gasteiger partial charge in [-0.2, -0.15) is 17.9 Å². The quantitative estimate of drug-likeness (QED) is 0.566. The van der Waals surface area contributed by atoms with E-state index >= 15 is 0 Å². The van der Waals surface area contributed by atoms with E-state index in [2.05, 4.69) is 9.82 Å². The van der Waals surface area contributed by atoms with Crippen molar-refractivity contribution in [1.29, 1.82) is 0 Å². The first kappa shape index (κ1) is 22.9. The van der Waals surface area contributed by atoms with Crippen LogP contribution in [0.25, 0.3) is 0 Å². The summed E-state index contributed by atoms with van der Waals surface area (Å²) in [6.07, 6.45) is 1.11. The van der Waals surface area contributed by atoms with Gasteiger partial charge < -0.3 is 0 Å². The second kappa shape index (κ2) is 8.56. The van der Waals surface area contributed by atoms with Crippen LogP contribution < -0.4 is 4.72 Å². The Hall–Kier alpha value is -3.31. The van der Waals surface area contributed by atoms with E-state index in [1.165, 1.54) is 30.3 Å². The van der Waals surface area contributed by atoms with E-state index in [0.29, 0.717) is 17.0 Å². The van der Waals surface area contributed by atoms with Crippen molar-refractivity contribution in [2.75, 3.05) is 11.0 Å². The Bertz CT molecular complexity index is 1420. The average molecular weight is 492 g/mol. The van der Waals surface area contributed by atoms with E-state index in [9.17, 15) is 25.6 Å². The molecule has 7 nitrogen and oxygen atoms in total. The average Bonchev–Trinajstić information content (AvgIpc) is 3.20. The first-order chi connectivity index (χ1) is 15.5. The summed E-state index contributed by atoms with van der Waals surface area (Å²) in [6, 6.07) is 15.4. The van der Waals surface area contributed by atoms with E-state index < -0.39 is 37.7 Å². The van der Waals surface area contributed by atoms with Crippen LogP contribution in [0.5, 0.6) is 0 Å². The van der Waals surface area contributed by atoms with Crippen LogP contribution in [0, 0.1) is 11.6 Å². The van der Waals surface area contributed by atoms with Gasteiger partial charge in [-0.3, -0.25) is 4.72 Å². The summed E-state index contributed by atoms with van der Waals surface area (Å²) >= 11 is 0. The molecular formula is C22H19F2N3O4S2. The number of sulfonamides is 2. The molecule has 1 atom stereocenters. The zero-order valence-corrected chi connectivity index (χ0v) is 18.9. The second-order valence-electron chi connectivity index (χ2n) is 7.47. The molecular weight excluding hydrogens is 472 g/mol. The lowest BCUT2D eigenvalue weighted by Crippen LogP contribution is -2.28. The van der Waals surface area contributed by atoms with Crippen LogP contribution in [0.1, 0.15) is 23.6 Å². The van der Waals surface area contributed by atoms with E-state index in [1.807, 2.05) is 0 Å². The molecule has 0 radical (unpaired) electrons. The largest absolute Gasteiger partial charge is 0.284 e. The Kier molecular flexibility index (Phi) is 5.93. The molecule has 0 saturated carbocycles. The molecule has 0 aliphatic carbocycles. The first-order valence-electron chi connectivity index (χ1n) is 9.75. The minimum absolute atomic E-state index is 0.0835. The number of anilines is 1. The fourth-order valence-electron chi connectivity index (χ4n) is 3.52. The van der Waals surface area contributed by atoms with Gasteiger partial charge in [-0.05, 0) is 48.0 Å². The molecule has 0 aromatic heterocycles. The van der Waals surface area contributed by atoms with Crippen molar-refractivity contribution in [2.45, 2.75) is 17.4 Å². The second-order valence-corrected chi connectivity index (χ2v) is 11.0. The highest BCUT2D eigenvalue weighted by Gasteiger charge is 2.38. The van der Waals surface area contributed by atoms with Crippen molar-refractivity contribution >= 4 is 31.4 Å². The topological polar surface area (TPSA) is 95.9 Å². The predicted molar refractivity (Wildman–Crippen MR) is 121 cm³/mol. The van der Waals surface area contributed by atoms with Crippen LogP contribution in [0.15, 0.2) is 82.8 Å². The third-order valence-electron chi connectivity index (χ3n) is 5.02. The molecule has 0 unspecified atom stereocenters. The molecule has 0 bridgehead atoms. The minimum atomic E-state index is -4.22. The van der Waals surface area contributed by atoms with E-state index in [-0.39, 0.29) is 16.9 Å². The van der Waals surface area contributed by atoms with Crippen molar-refractivity contribution in [3.8, 4) is 0 Å². The van der Waals surface area contributed by atoms with Gasteiger partial charge in [0.25, 0.3) is 10.0 Å². The summed E-state index contributed by atoms with van der Waals surface area (Å²) in [6.45, 7) is 0. The molecule has 1 heterocycles. The van der Waals surface area contributed by atoms with Gasteiger partial charge in [0, 0.05) is 17.7 Å². The van der Waals surface area contributed by atoms with Gasteiger partial charge in [0.2, 0.25) is 10.0 Å². The normalized spacial score (nSPS) is 16.5.